The second-order valence-electron chi connectivity index (χ2n) is 3.24. The molecule has 1 heterocycles. The molecule has 0 aromatic carbocycles. The molecule has 14 heavy (non-hydrogen) atoms. The van der Waals surface area contributed by atoms with Crippen molar-refractivity contribution in [1.82, 2.24) is 15.1 Å². The second-order valence-corrected chi connectivity index (χ2v) is 3.24. The summed E-state index contributed by atoms with van der Waals surface area (Å²) >= 11 is 0. The Bertz CT molecular complexity index is 260. The van der Waals surface area contributed by atoms with Gasteiger partial charge in [0.2, 0.25) is 0 Å². The van der Waals surface area contributed by atoms with Gasteiger partial charge in [0, 0.05) is 13.1 Å². The number of hydrogen-bond donors (Lipinski definition) is 1. The van der Waals surface area contributed by atoms with Crippen LogP contribution in [-0.4, -0.2) is 29.5 Å². The number of aryl methyl sites for hydroxylation is 1. The SMILES string of the molecule is CCC(CNC)Oc1cnn(CC)c1. The number of hydrogen-bond acceptors (Lipinski definition) is 3. The van der Waals surface area contributed by atoms with Crippen LogP contribution in [0.2, 0.25) is 0 Å². The Hall–Kier alpha value is -1.03. The topological polar surface area (TPSA) is 39.1 Å². The standard InChI is InChI=1S/C10H19N3O/c1-4-9(6-11-3)14-10-7-12-13(5-2)8-10/h7-9,11H,4-6H2,1-3H3. The van der Waals surface area contributed by atoms with Gasteiger partial charge in [-0.2, -0.15) is 5.10 Å². The van der Waals surface area contributed by atoms with Gasteiger partial charge in [-0.25, -0.2) is 0 Å². The third-order valence-corrected chi connectivity index (χ3v) is 2.12. The maximum Gasteiger partial charge on any atom is 0.157 e. The highest BCUT2D eigenvalue weighted by molar-refractivity contribution is 5.12. The maximum atomic E-state index is 5.74. The third kappa shape index (κ3) is 3.03. The summed E-state index contributed by atoms with van der Waals surface area (Å²) in [5, 5.41) is 7.26. The first-order valence-electron chi connectivity index (χ1n) is 5.13. The van der Waals surface area contributed by atoms with Gasteiger partial charge in [0.15, 0.2) is 5.75 Å². The molecule has 80 valence electrons. The molecule has 1 unspecified atom stereocenters. The van der Waals surface area contributed by atoms with Gasteiger partial charge in [0.1, 0.15) is 6.10 Å². The zero-order valence-electron chi connectivity index (χ0n) is 9.16. The fourth-order valence-corrected chi connectivity index (χ4v) is 1.27. The monoisotopic (exact) mass is 197 g/mol. The van der Waals surface area contributed by atoms with Crippen LogP contribution in [0.25, 0.3) is 0 Å². The van der Waals surface area contributed by atoms with E-state index < -0.39 is 0 Å². The summed E-state index contributed by atoms with van der Waals surface area (Å²) in [6.45, 7) is 5.92. The van der Waals surface area contributed by atoms with Crippen LogP contribution in [0.1, 0.15) is 20.3 Å². The normalized spacial score (nSPS) is 12.8. The van der Waals surface area contributed by atoms with Crippen LogP contribution < -0.4 is 10.1 Å². The van der Waals surface area contributed by atoms with Crippen molar-refractivity contribution in [2.45, 2.75) is 32.9 Å². The lowest BCUT2D eigenvalue weighted by Gasteiger charge is -2.15. The van der Waals surface area contributed by atoms with Crippen molar-refractivity contribution in [3.05, 3.63) is 12.4 Å². The second kappa shape index (κ2) is 5.65. The van der Waals surface area contributed by atoms with E-state index in [1.165, 1.54) is 0 Å². The molecule has 0 saturated carbocycles. The summed E-state index contributed by atoms with van der Waals surface area (Å²) in [5.41, 5.74) is 0. The Labute approximate surface area is 85.3 Å². The van der Waals surface area contributed by atoms with E-state index in [0.29, 0.717) is 0 Å². The number of ether oxygens (including phenoxy) is 1. The molecule has 0 aliphatic heterocycles. The highest BCUT2D eigenvalue weighted by Gasteiger charge is 2.07. The lowest BCUT2D eigenvalue weighted by atomic mass is 10.3. The van der Waals surface area contributed by atoms with Gasteiger partial charge in [-0.1, -0.05) is 6.92 Å². The van der Waals surface area contributed by atoms with E-state index >= 15 is 0 Å². The van der Waals surface area contributed by atoms with Gasteiger partial charge >= 0.3 is 0 Å². The van der Waals surface area contributed by atoms with Gasteiger partial charge < -0.3 is 10.1 Å². The van der Waals surface area contributed by atoms with Crippen molar-refractivity contribution in [3.63, 3.8) is 0 Å². The van der Waals surface area contributed by atoms with Crippen LogP contribution >= 0.6 is 0 Å². The van der Waals surface area contributed by atoms with Crippen molar-refractivity contribution in [1.29, 1.82) is 0 Å². The number of likely N-dealkylation sites (N-methyl/N-ethyl adjacent to an activating group) is 1. The number of nitrogens with zero attached hydrogens (tertiary/aromatic N) is 2. The van der Waals surface area contributed by atoms with Gasteiger partial charge in [-0.15, -0.1) is 0 Å². The molecule has 0 spiro atoms. The first-order valence-corrected chi connectivity index (χ1v) is 5.13. The minimum atomic E-state index is 0.231. The molecule has 1 rings (SSSR count). The van der Waals surface area contributed by atoms with E-state index in [1.807, 2.05) is 17.9 Å². The van der Waals surface area contributed by atoms with Gasteiger partial charge in [0.05, 0.1) is 12.4 Å². The minimum Gasteiger partial charge on any atom is -0.486 e. The maximum absolute atomic E-state index is 5.74. The fraction of sp³-hybridized carbons (Fsp3) is 0.700. The predicted octanol–water partition coefficient (Wildman–Crippen LogP) is 1.28. The van der Waals surface area contributed by atoms with Crippen LogP contribution in [0.15, 0.2) is 12.4 Å². The molecule has 0 saturated heterocycles. The quantitative estimate of drug-likeness (QED) is 0.746. The van der Waals surface area contributed by atoms with Gasteiger partial charge in [-0.05, 0) is 20.4 Å². The molecule has 0 aliphatic carbocycles. The van der Waals surface area contributed by atoms with E-state index in [0.717, 1.165) is 25.3 Å². The fourth-order valence-electron chi connectivity index (χ4n) is 1.27. The van der Waals surface area contributed by atoms with Gasteiger partial charge in [-0.3, -0.25) is 4.68 Å². The first kappa shape index (κ1) is 11.0. The highest BCUT2D eigenvalue weighted by Crippen LogP contribution is 2.11. The minimum absolute atomic E-state index is 0.231. The van der Waals surface area contributed by atoms with E-state index in [-0.39, 0.29) is 6.10 Å². The van der Waals surface area contributed by atoms with E-state index in [4.69, 9.17) is 4.74 Å². The summed E-state index contributed by atoms with van der Waals surface area (Å²) < 4.78 is 7.60. The Morgan fingerprint density at radius 1 is 1.57 bits per heavy atom. The van der Waals surface area contributed by atoms with Crippen LogP contribution in [0.3, 0.4) is 0 Å². The average molecular weight is 197 g/mol. The molecule has 0 amide bonds. The first-order chi connectivity index (χ1) is 6.80. The Morgan fingerprint density at radius 3 is 2.86 bits per heavy atom. The van der Waals surface area contributed by atoms with E-state index in [1.54, 1.807) is 6.20 Å². The third-order valence-electron chi connectivity index (χ3n) is 2.12. The van der Waals surface area contributed by atoms with Crippen molar-refractivity contribution in [2.75, 3.05) is 13.6 Å². The molecular weight excluding hydrogens is 178 g/mol. The zero-order chi connectivity index (χ0) is 10.4. The smallest absolute Gasteiger partial charge is 0.157 e. The Morgan fingerprint density at radius 2 is 2.36 bits per heavy atom. The zero-order valence-corrected chi connectivity index (χ0v) is 9.16. The molecule has 4 heteroatoms. The predicted molar refractivity (Wildman–Crippen MR) is 56.5 cm³/mol. The van der Waals surface area contributed by atoms with Crippen LogP contribution in [-0.2, 0) is 6.54 Å². The Balaban J connectivity index is 2.48. The lowest BCUT2D eigenvalue weighted by Crippen LogP contribution is -2.28. The molecule has 4 nitrogen and oxygen atoms in total. The number of nitrogens with one attached hydrogen (secondary N) is 1. The molecule has 0 aliphatic rings. The summed E-state index contributed by atoms with van der Waals surface area (Å²) in [6, 6.07) is 0. The van der Waals surface area contributed by atoms with Crippen molar-refractivity contribution >= 4 is 0 Å². The van der Waals surface area contributed by atoms with Crippen molar-refractivity contribution in [2.24, 2.45) is 0 Å². The molecule has 1 atom stereocenters. The van der Waals surface area contributed by atoms with Crippen LogP contribution in [0.4, 0.5) is 0 Å². The van der Waals surface area contributed by atoms with Crippen LogP contribution in [0.5, 0.6) is 5.75 Å². The summed E-state index contributed by atoms with van der Waals surface area (Å²) in [5.74, 6) is 0.856. The van der Waals surface area contributed by atoms with Crippen molar-refractivity contribution in [3.8, 4) is 5.75 Å². The molecule has 0 radical (unpaired) electrons. The molecule has 0 fully saturated rings. The molecular formula is C10H19N3O. The molecule has 1 aromatic heterocycles. The summed E-state index contributed by atoms with van der Waals surface area (Å²) in [6.07, 6.45) is 4.92. The Kier molecular flexibility index (Phi) is 4.46. The van der Waals surface area contributed by atoms with Crippen molar-refractivity contribution < 1.29 is 4.74 Å². The number of rotatable bonds is 6. The van der Waals surface area contributed by atoms with E-state index in [9.17, 15) is 0 Å². The lowest BCUT2D eigenvalue weighted by molar-refractivity contribution is 0.196. The summed E-state index contributed by atoms with van der Waals surface area (Å²) in [4.78, 5) is 0. The van der Waals surface area contributed by atoms with E-state index in [2.05, 4.69) is 24.3 Å². The highest BCUT2D eigenvalue weighted by atomic mass is 16.5. The van der Waals surface area contributed by atoms with Gasteiger partial charge in [0.25, 0.3) is 0 Å². The molecule has 1 N–H and O–H groups in total. The average Bonchev–Trinajstić information content (AvgIpc) is 2.65. The molecule has 1 aromatic rings. The molecule has 0 bridgehead atoms. The number of aromatic nitrogens is 2. The van der Waals surface area contributed by atoms with Crippen LogP contribution in [0, 0.1) is 0 Å². The largest absolute Gasteiger partial charge is 0.486 e. The summed E-state index contributed by atoms with van der Waals surface area (Å²) in [7, 11) is 1.93.